The topological polar surface area (TPSA) is 23.8 Å². The molecule has 3 rings (SSSR count). The van der Waals surface area contributed by atoms with Crippen LogP contribution in [0, 0.1) is 23.2 Å². The number of hydrogen-bond donors (Lipinski definition) is 0. The Kier molecular flexibility index (Phi) is 2.52. The van der Waals surface area contributed by atoms with Crippen molar-refractivity contribution in [3.05, 3.63) is 42.0 Å². The summed E-state index contributed by atoms with van der Waals surface area (Å²) >= 11 is 1.74. The van der Waals surface area contributed by atoms with Gasteiger partial charge >= 0.3 is 0 Å². The van der Waals surface area contributed by atoms with E-state index in [2.05, 4.69) is 42.7 Å². The minimum Gasteiger partial charge on any atom is -0.197 e. The molecule has 0 spiro atoms. The van der Waals surface area contributed by atoms with Crippen LogP contribution in [0.3, 0.4) is 0 Å². The summed E-state index contributed by atoms with van der Waals surface area (Å²) in [6.45, 7) is 0. The molecule has 2 aliphatic rings. The lowest BCUT2D eigenvalue weighted by Gasteiger charge is -2.30. The lowest BCUT2D eigenvalue weighted by molar-refractivity contribution is 0.630. The molecule has 0 aromatic heterocycles. The molecule has 1 fully saturated rings. The molecular formula is C15H15NS. The molecule has 0 unspecified atom stereocenters. The molecule has 1 aromatic carbocycles. The third-order valence-corrected chi connectivity index (χ3v) is 5.39. The van der Waals surface area contributed by atoms with Crippen LogP contribution in [0.1, 0.15) is 18.4 Å². The molecule has 3 atom stereocenters. The summed E-state index contributed by atoms with van der Waals surface area (Å²) in [5, 5.41) is 9.51. The Morgan fingerprint density at radius 1 is 1.35 bits per heavy atom. The zero-order valence-corrected chi connectivity index (χ0v) is 10.7. The van der Waals surface area contributed by atoms with Gasteiger partial charge in [0.1, 0.15) is 4.75 Å². The van der Waals surface area contributed by atoms with E-state index in [1.807, 2.05) is 6.07 Å². The van der Waals surface area contributed by atoms with E-state index < -0.39 is 0 Å². The maximum Gasteiger partial charge on any atom is 0.109 e. The average molecular weight is 241 g/mol. The van der Waals surface area contributed by atoms with Gasteiger partial charge in [-0.2, -0.15) is 5.26 Å². The third-order valence-electron chi connectivity index (χ3n) is 4.12. The normalized spacial score (nSPS) is 34.5. The van der Waals surface area contributed by atoms with Crippen LogP contribution in [0.2, 0.25) is 0 Å². The van der Waals surface area contributed by atoms with E-state index in [4.69, 9.17) is 0 Å². The summed E-state index contributed by atoms with van der Waals surface area (Å²) in [4.78, 5) is 0. The molecule has 1 aromatic rings. The highest BCUT2D eigenvalue weighted by Crippen LogP contribution is 2.58. The van der Waals surface area contributed by atoms with Crippen LogP contribution in [0.4, 0.5) is 0 Å². The average Bonchev–Trinajstić information content (AvgIpc) is 2.97. The van der Waals surface area contributed by atoms with Gasteiger partial charge in [0.2, 0.25) is 0 Å². The van der Waals surface area contributed by atoms with E-state index in [0.717, 1.165) is 6.42 Å². The summed E-state index contributed by atoms with van der Waals surface area (Å²) in [5.41, 5.74) is 2.70. The van der Waals surface area contributed by atoms with E-state index >= 15 is 0 Å². The summed E-state index contributed by atoms with van der Waals surface area (Å²) in [5.74, 6) is 1.04. The van der Waals surface area contributed by atoms with E-state index in [-0.39, 0.29) is 4.75 Å². The molecule has 0 amide bonds. The lowest BCUT2D eigenvalue weighted by Crippen LogP contribution is -2.29. The van der Waals surface area contributed by atoms with E-state index in [0.29, 0.717) is 11.8 Å². The Morgan fingerprint density at radius 2 is 2.12 bits per heavy atom. The van der Waals surface area contributed by atoms with Crippen molar-refractivity contribution in [2.24, 2.45) is 11.8 Å². The SMILES string of the molecule is CS[C@]1(C#N)C[C@H]2C=C(c3ccccc3)[C@@H]1C2. The fraction of sp³-hybridized carbons (Fsp3) is 0.400. The fourth-order valence-electron chi connectivity index (χ4n) is 3.31. The van der Waals surface area contributed by atoms with Crippen LogP contribution in [0.5, 0.6) is 0 Å². The molecule has 0 saturated heterocycles. The Hall–Kier alpha value is -1.20. The number of benzene rings is 1. The molecule has 86 valence electrons. The minimum absolute atomic E-state index is 0.176. The van der Waals surface area contributed by atoms with E-state index in [1.54, 1.807) is 11.8 Å². The molecule has 17 heavy (non-hydrogen) atoms. The number of nitrogens with zero attached hydrogens (tertiary/aromatic N) is 1. The van der Waals surface area contributed by atoms with Gasteiger partial charge in [-0.05, 0) is 36.2 Å². The van der Waals surface area contributed by atoms with Crippen molar-refractivity contribution in [1.82, 2.24) is 0 Å². The zero-order chi connectivity index (χ0) is 11.9. The summed E-state index contributed by atoms with van der Waals surface area (Å²) < 4.78 is -0.176. The van der Waals surface area contributed by atoms with Gasteiger partial charge in [-0.3, -0.25) is 0 Å². The lowest BCUT2D eigenvalue weighted by atomic mass is 9.84. The number of allylic oxidation sites excluding steroid dienone is 2. The zero-order valence-electron chi connectivity index (χ0n) is 9.89. The van der Waals surface area contributed by atoms with Crippen LogP contribution in [0.25, 0.3) is 5.57 Å². The predicted molar refractivity (Wildman–Crippen MR) is 72.5 cm³/mol. The van der Waals surface area contributed by atoms with Gasteiger partial charge in [0.25, 0.3) is 0 Å². The Bertz CT molecular complexity index is 499. The van der Waals surface area contributed by atoms with Crippen molar-refractivity contribution < 1.29 is 0 Å². The minimum atomic E-state index is -0.176. The number of fused-ring (bicyclic) bond motifs is 2. The first-order valence-corrected chi connectivity index (χ1v) is 7.25. The van der Waals surface area contributed by atoms with Gasteiger partial charge in [-0.1, -0.05) is 36.4 Å². The van der Waals surface area contributed by atoms with Gasteiger partial charge in [-0.25, -0.2) is 0 Å². The van der Waals surface area contributed by atoms with E-state index in [9.17, 15) is 5.26 Å². The molecule has 2 heteroatoms. The first kappa shape index (κ1) is 10.9. The molecule has 0 heterocycles. The quantitative estimate of drug-likeness (QED) is 0.787. The van der Waals surface area contributed by atoms with Gasteiger partial charge in [-0.15, -0.1) is 11.8 Å². The van der Waals surface area contributed by atoms with Crippen molar-refractivity contribution in [3.63, 3.8) is 0 Å². The number of rotatable bonds is 2. The first-order chi connectivity index (χ1) is 8.29. The maximum absolute atomic E-state index is 9.51. The molecule has 2 bridgehead atoms. The molecule has 2 aliphatic carbocycles. The predicted octanol–water partition coefficient (Wildman–Crippen LogP) is 3.74. The maximum atomic E-state index is 9.51. The second-order valence-electron chi connectivity index (χ2n) is 4.95. The molecular weight excluding hydrogens is 226 g/mol. The van der Waals surface area contributed by atoms with Crippen LogP contribution < -0.4 is 0 Å². The smallest absolute Gasteiger partial charge is 0.109 e. The summed E-state index contributed by atoms with van der Waals surface area (Å²) in [7, 11) is 0. The molecule has 0 N–H and O–H groups in total. The van der Waals surface area contributed by atoms with E-state index in [1.165, 1.54) is 17.6 Å². The monoisotopic (exact) mass is 241 g/mol. The van der Waals surface area contributed by atoms with Crippen molar-refractivity contribution in [2.45, 2.75) is 17.6 Å². The fourth-order valence-corrected chi connectivity index (χ4v) is 4.29. The number of hydrogen-bond acceptors (Lipinski definition) is 2. The van der Waals surface area contributed by atoms with Crippen molar-refractivity contribution in [1.29, 1.82) is 5.26 Å². The Morgan fingerprint density at radius 3 is 2.71 bits per heavy atom. The van der Waals surface area contributed by atoms with Crippen molar-refractivity contribution in [2.75, 3.05) is 6.26 Å². The van der Waals surface area contributed by atoms with Crippen LogP contribution in [-0.4, -0.2) is 11.0 Å². The Balaban J connectivity index is 2.01. The van der Waals surface area contributed by atoms with Crippen LogP contribution >= 0.6 is 11.8 Å². The van der Waals surface area contributed by atoms with Gasteiger partial charge in [0.05, 0.1) is 6.07 Å². The molecule has 1 saturated carbocycles. The molecule has 0 radical (unpaired) electrons. The van der Waals surface area contributed by atoms with Gasteiger partial charge in [0.15, 0.2) is 0 Å². The summed E-state index contributed by atoms with van der Waals surface area (Å²) in [6, 6.07) is 13.1. The van der Waals surface area contributed by atoms with Gasteiger partial charge < -0.3 is 0 Å². The third kappa shape index (κ3) is 1.53. The highest BCUT2D eigenvalue weighted by molar-refractivity contribution is 8.00. The van der Waals surface area contributed by atoms with Crippen molar-refractivity contribution in [3.8, 4) is 6.07 Å². The standard InChI is InChI=1S/C15H15NS/c1-17-15(10-16)9-11-7-13(14(15)8-11)12-5-3-2-4-6-12/h2-7,11,14H,8-9H2,1H3/t11-,14-,15-/m0/s1. The Labute approximate surface area is 107 Å². The second kappa shape index (κ2) is 3.92. The second-order valence-corrected chi connectivity index (χ2v) is 6.08. The highest BCUT2D eigenvalue weighted by atomic mass is 32.2. The highest BCUT2D eigenvalue weighted by Gasteiger charge is 2.52. The molecule has 0 aliphatic heterocycles. The van der Waals surface area contributed by atoms with Crippen LogP contribution in [-0.2, 0) is 0 Å². The van der Waals surface area contributed by atoms with Crippen molar-refractivity contribution >= 4 is 17.3 Å². The molecule has 1 nitrogen and oxygen atoms in total. The van der Waals surface area contributed by atoms with Gasteiger partial charge in [0, 0.05) is 5.92 Å². The first-order valence-electron chi connectivity index (χ1n) is 6.02. The largest absolute Gasteiger partial charge is 0.197 e. The van der Waals surface area contributed by atoms with Crippen LogP contribution in [0.15, 0.2) is 36.4 Å². The summed E-state index contributed by atoms with van der Waals surface area (Å²) in [6.07, 6.45) is 6.67. The number of nitriles is 1. The number of thioether (sulfide) groups is 1.